The van der Waals surface area contributed by atoms with Crippen molar-refractivity contribution in [3.05, 3.63) is 109 Å². The molecule has 0 saturated carbocycles. The van der Waals surface area contributed by atoms with Gasteiger partial charge < -0.3 is 34.4 Å². The van der Waals surface area contributed by atoms with E-state index >= 15 is 0 Å². The third kappa shape index (κ3) is 45.3. The van der Waals surface area contributed by atoms with E-state index in [0.717, 1.165) is 70.6 Å². The lowest BCUT2D eigenvalue weighted by Crippen LogP contribution is -2.30. The number of carbonyl (C=O) groups excluding carboxylic acids is 2. The molecule has 4 atom stereocenters. The van der Waals surface area contributed by atoms with E-state index in [9.17, 15) is 33.8 Å². The topological polar surface area (TPSA) is 216 Å². The minimum Gasteiger partial charge on any atom is -0.462 e. The van der Waals surface area contributed by atoms with Crippen molar-refractivity contribution in [1.29, 1.82) is 0 Å². The van der Waals surface area contributed by atoms with E-state index in [2.05, 4.69) is 108 Å². The summed E-state index contributed by atoms with van der Waals surface area (Å²) in [5.41, 5.74) is 0. The molecule has 64 heavy (non-hydrogen) atoms. The first kappa shape index (κ1) is 60.7. The summed E-state index contributed by atoms with van der Waals surface area (Å²) in [6.07, 6.45) is 48.2. The second-order valence-electron chi connectivity index (χ2n) is 14.8. The fourth-order valence-electron chi connectivity index (χ4n) is 5.30. The number of phosphoric acid groups is 2. The fraction of sp³-hybridized carbons (Fsp3) is 0.583. The largest absolute Gasteiger partial charge is 0.472 e. The Kier molecular flexibility index (Phi) is 40.2. The number of rotatable bonds is 41. The maximum absolute atomic E-state index is 12.7. The van der Waals surface area contributed by atoms with Gasteiger partial charge in [0.1, 0.15) is 12.7 Å². The number of aliphatic hydroxyl groups is 2. The van der Waals surface area contributed by atoms with Crippen molar-refractivity contribution in [2.45, 2.75) is 154 Å². The monoisotopic (exact) mass is 940 g/mol. The molecule has 5 N–H and O–H groups in total. The number of unbranched alkanes of at least 4 members (excludes halogenated alkanes) is 6. The van der Waals surface area contributed by atoms with Crippen LogP contribution in [-0.4, -0.2) is 81.6 Å². The van der Waals surface area contributed by atoms with Crippen LogP contribution < -0.4 is 0 Å². The molecule has 364 valence electrons. The third-order valence-electron chi connectivity index (χ3n) is 8.74. The SMILES string of the molecule is CC/C=C\C/C=C\C/C=C\C/C=C\C/C=C\CCCCCC(=O)O[C@H](COC(=O)CCC[C@H](O)/C=C/C=C\C/C=C\C/C=C\CCCCC)COP(=O)(O)OC[C@@H](O)COP(=O)(O)O. The first-order valence-electron chi connectivity index (χ1n) is 22.7. The summed E-state index contributed by atoms with van der Waals surface area (Å²) in [4.78, 5) is 52.8. The molecule has 0 rings (SSSR count). The van der Waals surface area contributed by atoms with Gasteiger partial charge in [-0.3, -0.25) is 23.2 Å². The Morgan fingerprint density at radius 2 is 1.03 bits per heavy atom. The molecule has 0 radical (unpaired) electrons. The van der Waals surface area contributed by atoms with Gasteiger partial charge in [0.05, 0.1) is 25.9 Å². The van der Waals surface area contributed by atoms with Crippen LogP contribution in [0.25, 0.3) is 0 Å². The maximum atomic E-state index is 12.7. The van der Waals surface area contributed by atoms with Crippen LogP contribution in [0.3, 0.4) is 0 Å². The molecule has 0 aromatic carbocycles. The predicted octanol–water partition coefficient (Wildman–Crippen LogP) is 10.9. The number of hydrogen-bond acceptors (Lipinski definition) is 11. The van der Waals surface area contributed by atoms with Crippen molar-refractivity contribution in [1.82, 2.24) is 0 Å². The zero-order chi connectivity index (χ0) is 47.4. The summed E-state index contributed by atoms with van der Waals surface area (Å²) in [5.74, 6) is -1.28. The summed E-state index contributed by atoms with van der Waals surface area (Å²) in [6, 6.07) is 0. The lowest BCUT2D eigenvalue weighted by Gasteiger charge is -2.20. The molecule has 0 aliphatic rings. The minimum atomic E-state index is -4.89. The van der Waals surface area contributed by atoms with E-state index in [-0.39, 0.29) is 12.8 Å². The maximum Gasteiger partial charge on any atom is 0.472 e. The second-order valence-corrected chi connectivity index (χ2v) is 17.5. The van der Waals surface area contributed by atoms with Crippen molar-refractivity contribution in [3.63, 3.8) is 0 Å². The molecule has 16 heteroatoms. The Bertz CT molecular complexity index is 1560. The van der Waals surface area contributed by atoms with Gasteiger partial charge in [-0.05, 0) is 89.9 Å². The molecule has 0 fully saturated rings. The molecule has 0 bridgehead atoms. The standard InChI is InChI=1S/C48H78O14P2/c1-3-5-7-9-11-13-15-17-18-19-20-21-22-24-26-28-30-32-34-38-48(52)62-46(43-61-64(56,57)60-41-45(50)40-59-63(53,54)55)42-58-47(51)39-35-37-44(49)36-33-31-29-27-25-23-16-14-12-10-8-6-4-2/h5,7,11-14,17-18,20-21,23-26,29,31,33,36,44-46,49-50H,3-4,6,8-10,15-16,19,22,27-28,30,32,34-35,37-43H2,1-2H3,(H,56,57)(H2,53,54,55)/b7-5-,13-11-,14-12-,18-17-,21-20-,25-23-,26-24-,31-29-,36-33+/t44-,45+,46-/m1/s1. The summed E-state index contributed by atoms with van der Waals surface area (Å²) in [5, 5.41) is 20.0. The average Bonchev–Trinajstić information content (AvgIpc) is 3.25. The Labute approximate surface area is 383 Å². The van der Waals surface area contributed by atoms with Gasteiger partial charge in [0.25, 0.3) is 0 Å². The number of allylic oxidation sites excluding steroid dienone is 17. The Hall–Kier alpha value is -3.26. The van der Waals surface area contributed by atoms with E-state index in [1.165, 1.54) is 19.3 Å². The van der Waals surface area contributed by atoms with Gasteiger partial charge in [0, 0.05) is 12.8 Å². The molecule has 0 amide bonds. The zero-order valence-corrected chi connectivity index (χ0v) is 40.0. The van der Waals surface area contributed by atoms with E-state index < -0.39 is 72.3 Å². The van der Waals surface area contributed by atoms with Crippen LogP contribution in [-0.2, 0) is 41.8 Å². The van der Waals surface area contributed by atoms with Gasteiger partial charge in [0.2, 0.25) is 0 Å². The molecule has 0 aromatic rings. The molecule has 0 heterocycles. The molecule has 0 aliphatic heterocycles. The summed E-state index contributed by atoms with van der Waals surface area (Å²) < 4.78 is 47.6. The molecular formula is C48H78O14P2. The second kappa shape index (κ2) is 42.4. The van der Waals surface area contributed by atoms with Gasteiger partial charge in [-0.1, -0.05) is 142 Å². The number of aliphatic hydroxyl groups excluding tert-OH is 2. The molecular weight excluding hydrogens is 862 g/mol. The Morgan fingerprint density at radius 3 is 1.59 bits per heavy atom. The number of ether oxygens (including phenoxy) is 2. The quantitative estimate of drug-likeness (QED) is 0.0127. The summed E-state index contributed by atoms with van der Waals surface area (Å²) >= 11 is 0. The summed E-state index contributed by atoms with van der Waals surface area (Å²) in [7, 11) is -9.77. The van der Waals surface area contributed by atoms with Crippen molar-refractivity contribution < 1.29 is 66.7 Å². The minimum absolute atomic E-state index is 0.0449. The molecule has 0 aliphatic carbocycles. The normalized spacial score (nSPS) is 15.4. The first-order valence-corrected chi connectivity index (χ1v) is 25.7. The smallest absolute Gasteiger partial charge is 0.462 e. The van der Waals surface area contributed by atoms with E-state index in [4.69, 9.17) is 23.8 Å². The van der Waals surface area contributed by atoms with Gasteiger partial charge >= 0.3 is 27.6 Å². The van der Waals surface area contributed by atoms with Crippen molar-refractivity contribution >= 4 is 27.6 Å². The average molecular weight is 941 g/mol. The molecule has 0 aromatic heterocycles. The highest BCUT2D eigenvalue weighted by atomic mass is 31.2. The van der Waals surface area contributed by atoms with Crippen molar-refractivity contribution in [2.24, 2.45) is 0 Å². The van der Waals surface area contributed by atoms with Gasteiger partial charge in [-0.2, -0.15) is 0 Å². The number of carbonyl (C=O) groups is 2. The van der Waals surface area contributed by atoms with Gasteiger partial charge in [0.15, 0.2) is 6.10 Å². The van der Waals surface area contributed by atoms with Crippen LogP contribution in [0.2, 0.25) is 0 Å². The zero-order valence-electron chi connectivity index (χ0n) is 38.2. The van der Waals surface area contributed by atoms with E-state index in [0.29, 0.717) is 19.3 Å². The van der Waals surface area contributed by atoms with Gasteiger partial charge in [-0.15, -0.1) is 0 Å². The fourth-order valence-corrected chi connectivity index (χ4v) is 6.46. The van der Waals surface area contributed by atoms with Crippen LogP contribution in [0.15, 0.2) is 109 Å². The van der Waals surface area contributed by atoms with Crippen LogP contribution in [0.1, 0.15) is 136 Å². The summed E-state index contributed by atoms with van der Waals surface area (Å²) in [6.45, 7) is 1.34. The van der Waals surface area contributed by atoms with Crippen molar-refractivity contribution in [2.75, 3.05) is 26.4 Å². The van der Waals surface area contributed by atoms with Gasteiger partial charge in [-0.25, -0.2) is 9.13 Å². The van der Waals surface area contributed by atoms with Crippen LogP contribution >= 0.6 is 15.6 Å². The molecule has 0 spiro atoms. The first-order chi connectivity index (χ1) is 30.8. The van der Waals surface area contributed by atoms with Crippen molar-refractivity contribution in [3.8, 4) is 0 Å². The Morgan fingerprint density at radius 1 is 0.531 bits per heavy atom. The number of esters is 2. The number of phosphoric ester groups is 2. The lowest BCUT2D eigenvalue weighted by atomic mass is 10.1. The van der Waals surface area contributed by atoms with Crippen LogP contribution in [0.5, 0.6) is 0 Å². The number of hydrogen-bond donors (Lipinski definition) is 5. The van der Waals surface area contributed by atoms with Crippen LogP contribution in [0, 0.1) is 0 Å². The Balaban J connectivity index is 4.76. The predicted molar refractivity (Wildman–Crippen MR) is 254 cm³/mol. The van der Waals surface area contributed by atoms with E-state index in [1.54, 1.807) is 12.2 Å². The molecule has 14 nitrogen and oxygen atoms in total. The highest BCUT2D eigenvalue weighted by Crippen LogP contribution is 2.43. The highest BCUT2D eigenvalue weighted by Gasteiger charge is 2.28. The van der Waals surface area contributed by atoms with E-state index in [1.807, 2.05) is 12.2 Å². The third-order valence-corrected chi connectivity index (χ3v) is 10.2. The molecule has 0 saturated heterocycles. The highest BCUT2D eigenvalue weighted by molar-refractivity contribution is 7.47. The van der Waals surface area contributed by atoms with Crippen LogP contribution in [0.4, 0.5) is 0 Å². The molecule has 1 unspecified atom stereocenters. The lowest BCUT2D eigenvalue weighted by molar-refractivity contribution is -0.161.